The number of hydrogen-bond donors (Lipinski definition) is 2. The molecular weight excluding hydrogens is 288 g/mol. The van der Waals surface area contributed by atoms with Crippen LogP contribution in [0.15, 0.2) is 40.2 Å². The molecule has 0 radical (unpaired) electrons. The van der Waals surface area contributed by atoms with Crippen molar-refractivity contribution < 1.29 is 4.79 Å². The molecule has 0 bridgehead atoms. The largest absolute Gasteiger partial charge is 0.397 e. The Morgan fingerprint density at radius 1 is 1.25 bits per heavy atom. The van der Waals surface area contributed by atoms with E-state index in [-0.39, 0.29) is 5.91 Å². The first-order chi connectivity index (χ1) is 7.66. The number of nitrogen functional groups attached to an aromatic ring is 1. The predicted octanol–water partition coefficient (Wildman–Crippen LogP) is 3.35. The second-order valence-electron chi connectivity index (χ2n) is 3.15. The zero-order valence-corrected chi connectivity index (χ0v) is 10.6. The minimum Gasteiger partial charge on any atom is -0.397 e. The molecule has 3 nitrogen and oxygen atoms in total. The molecule has 0 aliphatic carbocycles. The molecule has 2 rings (SSSR count). The first-order valence-corrected chi connectivity index (χ1v) is 6.19. The molecule has 0 aliphatic heterocycles. The van der Waals surface area contributed by atoms with Gasteiger partial charge in [0.05, 0.1) is 20.0 Å². The van der Waals surface area contributed by atoms with Gasteiger partial charge < -0.3 is 11.1 Å². The number of para-hydroxylation sites is 2. The Balaban J connectivity index is 2.17. The number of hydrogen-bond acceptors (Lipinski definition) is 3. The van der Waals surface area contributed by atoms with E-state index in [4.69, 9.17) is 5.73 Å². The molecule has 1 aromatic carbocycles. The minimum atomic E-state index is -0.145. The average molecular weight is 297 g/mol. The number of halogens is 1. The van der Waals surface area contributed by atoms with Gasteiger partial charge in [-0.2, -0.15) is 0 Å². The van der Waals surface area contributed by atoms with Gasteiger partial charge in [0, 0.05) is 0 Å². The van der Waals surface area contributed by atoms with E-state index < -0.39 is 0 Å². The highest BCUT2D eigenvalue weighted by atomic mass is 79.9. The summed E-state index contributed by atoms with van der Waals surface area (Å²) in [5.41, 5.74) is 6.93. The second-order valence-corrected chi connectivity index (χ2v) is 5.61. The average Bonchev–Trinajstić information content (AvgIpc) is 2.68. The quantitative estimate of drug-likeness (QED) is 0.835. The molecule has 0 unspecified atom stereocenters. The van der Waals surface area contributed by atoms with Crippen molar-refractivity contribution in [2.75, 3.05) is 11.1 Å². The molecular formula is C11H9BrN2OS. The molecule has 2 aromatic rings. The van der Waals surface area contributed by atoms with Crippen LogP contribution in [0.1, 0.15) is 9.67 Å². The highest BCUT2D eigenvalue weighted by molar-refractivity contribution is 9.11. The molecule has 0 saturated heterocycles. The first-order valence-electron chi connectivity index (χ1n) is 4.58. The lowest BCUT2D eigenvalue weighted by Gasteiger charge is -2.05. The zero-order chi connectivity index (χ0) is 11.5. The Bertz CT molecular complexity index is 524. The number of amides is 1. The number of rotatable bonds is 2. The van der Waals surface area contributed by atoms with Crippen molar-refractivity contribution in [3.05, 3.63) is 45.1 Å². The Morgan fingerprint density at radius 2 is 2.00 bits per heavy atom. The van der Waals surface area contributed by atoms with Crippen LogP contribution in [-0.4, -0.2) is 5.91 Å². The van der Waals surface area contributed by atoms with Gasteiger partial charge in [-0.25, -0.2) is 0 Å². The maximum absolute atomic E-state index is 11.8. The molecule has 0 fully saturated rings. The van der Waals surface area contributed by atoms with E-state index in [2.05, 4.69) is 21.2 Å². The van der Waals surface area contributed by atoms with Crippen LogP contribution >= 0.6 is 27.3 Å². The van der Waals surface area contributed by atoms with Crippen LogP contribution in [0, 0.1) is 0 Å². The summed E-state index contributed by atoms with van der Waals surface area (Å²) in [7, 11) is 0. The Morgan fingerprint density at radius 3 is 2.62 bits per heavy atom. The van der Waals surface area contributed by atoms with Crippen LogP contribution < -0.4 is 11.1 Å². The topological polar surface area (TPSA) is 55.1 Å². The van der Waals surface area contributed by atoms with Gasteiger partial charge >= 0.3 is 0 Å². The van der Waals surface area contributed by atoms with E-state index in [9.17, 15) is 4.79 Å². The summed E-state index contributed by atoms with van der Waals surface area (Å²) in [4.78, 5) is 12.5. The second kappa shape index (κ2) is 4.67. The van der Waals surface area contributed by atoms with E-state index >= 15 is 0 Å². The van der Waals surface area contributed by atoms with Crippen molar-refractivity contribution in [3.8, 4) is 0 Å². The number of carbonyl (C=O) groups excluding carboxylic acids is 1. The predicted molar refractivity (Wildman–Crippen MR) is 70.8 cm³/mol. The molecule has 0 aliphatic rings. The fourth-order valence-electron chi connectivity index (χ4n) is 1.23. The molecule has 1 amide bonds. The zero-order valence-electron chi connectivity index (χ0n) is 8.24. The molecule has 16 heavy (non-hydrogen) atoms. The number of nitrogens with one attached hydrogen (secondary N) is 1. The third-order valence-corrected chi connectivity index (χ3v) is 3.63. The summed E-state index contributed by atoms with van der Waals surface area (Å²) >= 11 is 4.70. The molecule has 5 heteroatoms. The molecule has 0 saturated carbocycles. The molecule has 82 valence electrons. The van der Waals surface area contributed by atoms with Gasteiger partial charge in [-0.05, 0) is 40.2 Å². The number of anilines is 2. The maximum atomic E-state index is 11.8. The van der Waals surface area contributed by atoms with E-state index in [0.717, 1.165) is 3.79 Å². The van der Waals surface area contributed by atoms with Crippen LogP contribution in [0.25, 0.3) is 0 Å². The summed E-state index contributed by atoms with van der Waals surface area (Å²) in [5.74, 6) is -0.145. The number of carbonyl (C=O) groups is 1. The van der Waals surface area contributed by atoms with Gasteiger partial charge in [-0.3, -0.25) is 4.79 Å². The monoisotopic (exact) mass is 296 g/mol. The third kappa shape index (κ3) is 2.43. The van der Waals surface area contributed by atoms with Crippen molar-refractivity contribution in [2.45, 2.75) is 0 Å². The van der Waals surface area contributed by atoms with Crippen LogP contribution in [0.5, 0.6) is 0 Å². The minimum absolute atomic E-state index is 0.145. The van der Waals surface area contributed by atoms with Gasteiger partial charge in [0.15, 0.2) is 0 Å². The molecule has 3 N–H and O–H groups in total. The summed E-state index contributed by atoms with van der Waals surface area (Å²) in [6, 6.07) is 10.8. The van der Waals surface area contributed by atoms with Crippen LogP contribution in [0.2, 0.25) is 0 Å². The van der Waals surface area contributed by atoms with E-state index in [1.807, 2.05) is 18.2 Å². The van der Waals surface area contributed by atoms with Crippen molar-refractivity contribution in [1.82, 2.24) is 0 Å². The maximum Gasteiger partial charge on any atom is 0.265 e. The number of thiophene rings is 1. The summed E-state index contributed by atoms with van der Waals surface area (Å²) in [6.45, 7) is 0. The number of benzene rings is 1. The number of nitrogens with two attached hydrogens (primary N) is 1. The van der Waals surface area contributed by atoms with E-state index in [1.165, 1.54) is 11.3 Å². The Labute approximate surface area is 105 Å². The standard InChI is InChI=1S/C11H9BrN2OS/c12-10-6-5-9(16-10)11(15)14-8-4-2-1-3-7(8)13/h1-6H,13H2,(H,14,15). The fraction of sp³-hybridized carbons (Fsp3) is 0. The van der Waals surface area contributed by atoms with Crippen LogP contribution in [0.4, 0.5) is 11.4 Å². The first kappa shape index (κ1) is 11.2. The van der Waals surface area contributed by atoms with Crippen molar-refractivity contribution in [3.63, 3.8) is 0 Å². The van der Waals surface area contributed by atoms with Gasteiger partial charge in [0.2, 0.25) is 0 Å². The van der Waals surface area contributed by atoms with Gasteiger partial charge in [0.1, 0.15) is 0 Å². The highest BCUT2D eigenvalue weighted by Gasteiger charge is 2.09. The van der Waals surface area contributed by atoms with Crippen LogP contribution in [-0.2, 0) is 0 Å². The molecule has 0 atom stereocenters. The van der Waals surface area contributed by atoms with Crippen molar-refractivity contribution in [2.24, 2.45) is 0 Å². The van der Waals surface area contributed by atoms with E-state index in [0.29, 0.717) is 16.3 Å². The highest BCUT2D eigenvalue weighted by Crippen LogP contribution is 2.24. The van der Waals surface area contributed by atoms with Crippen LogP contribution in [0.3, 0.4) is 0 Å². The van der Waals surface area contributed by atoms with E-state index in [1.54, 1.807) is 18.2 Å². The molecule has 1 aromatic heterocycles. The van der Waals surface area contributed by atoms with Crippen molar-refractivity contribution in [1.29, 1.82) is 0 Å². The SMILES string of the molecule is Nc1ccccc1NC(=O)c1ccc(Br)s1. The smallest absolute Gasteiger partial charge is 0.265 e. The summed E-state index contributed by atoms with van der Waals surface area (Å²) in [6.07, 6.45) is 0. The Hall–Kier alpha value is -1.33. The Kier molecular flexibility index (Phi) is 3.26. The summed E-state index contributed by atoms with van der Waals surface area (Å²) in [5, 5.41) is 2.77. The van der Waals surface area contributed by atoms with Crippen molar-refractivity contribution >= 4 is 44.5 Å². The lowest BCUT2D eigenvalue weighted by atomic mass is 10.2. The summed E-state index contributed by atoms with van der Waals surface area (Å²) < 4.78 is 0.929. The normalized spacial score (nSPS) is 10.1. The van der Waals surface area contributed by atoms with Gasteiger partial charge in [0.25, 0.3) is 5.91 Å². The van der Waals surface area contributed by atoms with Gasteiger partial charge in [-0.1, -0.05) is 12.1 Å². The van der Waals surface area contributed by atoms with Gasteiger partial charge in [-0.15, -0.1) is 11.3 Å². The molecule has 1 heterocycles. The lowest BCUT2D eigenvalue weighted by Crippen LogP contribution is -2.11. The third-order valence-electron chi connectivity index (χ3n) is 2.01. The fourth-order valence-corrected chi connectivity index (χ4v) is 2.51. The lowest BCUT2D eigenvalue weighted by molar-refractivity contribution is 0.103. The molecule has 0 spiro atoms.